The Balaban J connectivity index is 1.53. The number of ketones is 1. The van der Waals surface area contributed by atoms with Crippen molar-refractivity contribution in [3.05, 3.63) is 71.3 Å². The highest BCUT2D eigenvalue weighted by atomic mass is 16.2. The van der Waals surface area contributed by atoms with Gasteiger partial charge in [0.05, 0.1) is 0 Å². The van der Waals surface area contributed by atoms with Crippen LogP contribution in [0.15, 0.2) is 54.6 Å². The van der Waals surface area contributed by atoms with E-state index in [1.54, 1.807) is 24.0 Å². The molecule has 0 aliphatic carbocycles. The van der Waals surface area contributed by atoms with Crippen LogP contribution in [0.3, 0.4) is 0 Å². The minimum Gasteiger partial charge on any atom is -0.341 e. The van der Waals surface area contributed by atoms with Gasteiger partial charge in [0.25, 0.3) is 5.91 Å². The van der Waals surface area contributed by atoms with Crippen molar-refractivity contribution in [1.29, 1.82) is 0 Å². The number of benzene rings is 2. The Morgan fingerprint density at radius 1 is 0.964 bits per heavy atom. The third-order valence-electron chi connectivity index (χ3n) is 5.23. The van der Waals surface area contributed by atoms with Crippen molar-refractivity contribution >= 4 is 17.6 Å². The Bertz CT molecular complexity index is 855. The van der Waals surface area contributed by atoms with Gasteiger partial charge < -0.3 is 10.2 Å². The summed E-state index contributed by atoms with van der Waals surface area (Å²) in [6.45, 7) is 4.70. The van der Waals surface area contributed by atoms with Crippen LogP contribution in [0.25, 0.3) is 0 Å². The van der Waals surface area contributed by atoms with Crippen molar-refractivity contribution in [1.82, 2.24) is 10.2 Å². The fourth-order valence-corrected chi connectivity index (χ4v) is 3.60. The lowest BCUT2D eigenvalue weighted by atomic mass is 9.88. The molecule has 0 spiro atoms. The smallest absolute Gasteiger partial charge is 0.251 e. The van der Waals surface area contributed by atoms with E-state index in [0.29, 0.717) is 31.5 Å². The van der Waals surface area contributed by atoms with Crippen molar-refractivity contribution in [2.24, 2.45) is 5.92 Å². The molecule has 0 bridgehead atoms. The Morgan fingerprint density at radius 2 is 1.61 bits per heavy atom. The van der Waals surface area contributed by atoms with Crippen LogP contribution >= 0.6 is 0 Å². The molecule has 2 amide bonds. The number of carbonyl (C=O) groups excluding carboxylic acids is 3. The fourth-order valence-electron chi connectivity index (χ4n) is 3.60. The Morgan fingerprint density at radius 3 is 2.25 bits per heavy atom. The van der Waals surface area contributed by atoms with Crippen LogP contribution < -0.4 is 5.32 Å². The zero-order valence-electron chi connectivity index (χ0n) is 16.4. The molecule has 0 saturated carbocycles. The average molecular weight is 378 g/mol. The van der Waals surface area contributed by atoms with Crippen LogP contribution in [0.5, 0.6) is 0 Å². The standard InChI is InChI=1S/C23H26N2O3/c1-16-7-6-10-20(15-16)22(27)24-17(2)23(28)25-13-11-19(12-14-25)21(26)18-8-4-3-5-9-18/h3-10,15,17,19H,11-14H2,1-2H3,(H,24,27)/t17-/m1/s1. The number of amides is 2. The summed E-state index contributed by atoms with van der Waals surface area (Å²) in [6, 6.07) is 16.0. The monoisotopic (exact) mass is 378 g/mol. The van der Waals surface area contributed by atoms with Crippen LogP contribution in [-0.2, 0) is 4.79 Å². The molecule has 1 aliphatic rings. The van der Waals surface area contributed by atoms with Gasteiger partial charge >= 0.3 is 0 Å². The van der Waals surface area contributed by atoms with E-state index in [9.17, 15) is 14.4 Å². The van der Waals surface area contributed by atoms with Gasteiger partial charge in [-0.15, -0.1) is 0 Å². The molecule has 1 aliphatic heterocycles. The molecule has 3 rings (SSSR count). The quantitative estimate of drug-likeness (QED) is 0.813. The number of Topliss-reactive ketones (excluding diaryl/α,β-unsaturated/α-hetero) is 1. The van der Waals surface area contributed by atoms with E-state index in [2.05, 4.69) is 5.32 Å². The van der Waals surface area contributed by atoms with E-state index in [0.717, 1.165) is 11.1 Å². The average Bonchev–Trinajstić information content (AvgIpc) is 2.73. The van der Waals surface area contributed by atoms with E-state index < -0.39 is 6.04 Å². The Kier molecular flexibility index (Phi) is 6.24. The Hall–Kier alpha value is -2.95. The van der Waals surface area contributed by atoms with Crippen LogP contribution in [0.1, 0.15) is 46.0 Å². The zero-order valence-corrected chi connectivity index (χ0v) is 16.4. The second kappa shape index (κ2) is 8.83. The summed E-state index contributed by atoms with van der Waals surface area (Å²) in [5.74, 6) is -0.262. The summed E-state index contributed by atoms with van der Waals surface area (Å²) in [5, 5.41) is 2.78. The number of carbonyl (C=O) groups is 3. The molecule has 0 radical (unpaired) electrons. The molecule has 0 unspecified atom stereocenters. The molecule has 28 heavy (non-hydrogen) atoms. The van der Waals surface area contributed by atoms with Gasteiger partial charge in [0.2, 0.25) is 5.91 Å². The predicted molar refractivity (Wildman–Crippen MR) is 108 cm³/mol. The number of hydrogen-bond donors (Lipinski definition) is 1. The summed E-state index contributed by atoms with van der Waals surface area (Å²) < 4.78 is 0. The summed E-state index contributed by atoms with van der Waals surface area (Å²) in [6.07, 6.45) is 1.30. The minimum absolute atomic E-state index is 0.0522. The van der Waals surface area contributed by atoms with Gasteiger partial charge in [-0.3, -0.25) is 14.4 Å². The summed E-state index contributed by atoms with van der Waals surface area (Å²) in [5.41, 5.74) is 2.27. The first kappa shape index (κ1) is 19.8. The number of rotatable bonds is 5. The summed E-state index contributed by atoms with van der Waals surface area (Å²) in [4.78, 5) is 39.4. The predicted octanol–water partition coefficient (Wildman–Crippen LogP) is 3.23. The number of likely N-dealkylation sites (tertiary alicyclic amines) is 1. The maximum absolute atomic E-state index is 12.7. The number of nitrogens with zero attached hydrogens (tertiary/aromatic N) is 1. The maximum Gasteiger partial charge on any atom is 0.251 e. The van der Waals surface area contributed by atoms with Crippen molar-refractivity contribution in [3.63, 3.8) is 0 Å². The molecule has 146 valence electrons. The molecule has 5 nitrogen and oxygen atoms in total. The second-order valence-electron chi connectivity index (χ2n) is 7.39. The maximum atomic E-state index is 12.7. The number of nitrogens with one attached hydrogen (secondary N) is 1. The van der Waals surface area contributed by atoms with Gasteiger partial charge in [0.15, 0.2) is 5.78 Å². The van der Waals surface area contributed by atoms with Crippen LogP contribution in [0.4, 0.5) is 0 Å². The van der Waals surface area contributed by atoms with Crippen LogP contribution in [0, 0.1) is 12.8 Å². The topological polar surface area (TPSA) is 66.5 Å². The van der Waals surface area contributed by atoms with Gasteiger partial charge in [0.1, 0.15) is 6.04 Å². The SMILES string of the molecule is Cc1cccc(C(=O)N[C@H](C)C(=O)N2CCC(C(=O)c3ccccc3)CC2)c1. The third kappa shape index (κ3) is 4.66. The first-order chi connectivity index (χ1) is 13.5. The van der Waals surface area contributed by atoms with Gasteiger partial charge in [0, 0.05) is 30.1 Å². The summed E-state index contributed by atoms with van der Waals surface area (Å²) in [7, 11) is 0. The molecule has 1 N–H and O–H groups in total. The molecular weight excluding hydrogens is 352 g/mol. The van der Waals surface area contributed by atoms with Gasteiger partial charge in [-0.1, -0.05) is 48.0 Å². The van der Waals surface area contributed by atoms with Gasteiger partial charge in [-0.2, -0.15) is 0 Å². The van der Waals surface area contributed by atoms with E-state index >= 15 is 0 Å². The highest BCUT2D eigenvalue weighted by molar-refractivity contribution is 5.98. The normalized spacial score (nSPS) is 15.7. The summed E-state index contributed by atoms with van der Waals surface area (Å²) >= 11 is 0. The molecule has 0 aromatic heterocycles. The lowest BCUT2D eigenvalue weighted by Gasteiger charge is -2.33. The van der Waals surface area contributed by atoms with E-state index in [1.165, 1.54) is 0 Å². The molecule has 2 aromatic carbocycles. The zero-order chi connectivity index (χ0) is 20.1. The third-order valence-corrected chi connectivity index (χ3v) is 5.23. The largest absolute Gasteiger partial charge is 0.341 e. The first-order valence-electron chi connectivity index (χ1n) is 9.71. The lowest BCUT2D eigenvalue weighted by Crippen LogP contribution is -2.49. The number of hydrogen-bond acceptors (Lipinski definition) is 3. The molecule has 2 aromatic rings. The Labute approximate surface area is 165 Å². The molecule has 1 saturated heterocycles. The molecule has 5 heteroatoms. The van der Waals surface area contributed by atoms with Crippen LogP contribution in [-0.4, -0.2) is 41.6 Å². The molecular formula is C23H26N2O3. The highest BCUT2D eigenvalue weighted by Gasteiger charge is 2.30. The molecule has 1 fully saturated rings. The molecule has 1 atom stereocenters. The minimum atomic E-state index is -0.602. The highest BCUT2D eigenvalue weighted by Crippen LogP contribution is 2.22. The number of aryl methyl sites for hydroxylation is 1. The van der Waals surface area contributed by atoms with E-state index in [1.807, 2.05) is 49.4 Å². The lowest BCUT2D eigenvalue weighted by molar-refractivity contribution is -0.134. The number of piperidine rings is 1. The van der Waals surface area contributed by atoms with E-state index in [-0.39, 0.29) is 23.5 Å². The fraction of sp³-hybridized carbons (Fsp3) is 0.348. The van der Waals surface area contributed by atoms with E-state index in [4.69, 9.17) is 0 Å². The first-order valence-corrected chi connectivity index (χ1v) is 9.71. The van der Waals surface area contributed by atoms with Crippen molar-refractivity contribution < 1.29 is 14.4 Å². The van der Waals surface area contributed by atoms with Gasteiger partial charge in [-0.25, -0.2) is 0 Å². The second-order valence-corrected chi connectivity index (χ2v) is 7.39. The van der Waals surface area contributed by atoms with Crippen molar-refractivity contribution in [2.45, 2.75) is 32.7 Å². The van der Waals surface area contributed by atoms with Gasteiger partial charge in [-0.05, 0) is 38.8 Å². The molecule has 1 heterocycles. The van der Waals surface area contributed by atoms with Crippen molar-refractivity contribution in [3.8, 4) is 0 Å². The van der Waals surface area contributed by atoms with Crippen molar-refractivity contribution in [2.75, 3.05) is 13.1 Å². The van der Waals surface area contributed by atoms with Crippen LogP contribution in [0.2, 0.25) is 0 Å².